The van der Waals surface area contributed by atoms with Crippen molar-refractivity contribution < 1.29 is 38.9 Å². The van der Waals surface area contributed by atoms with Gasteiger partial charge in [-0.2, -0.15) is 25.3 Å². The van der Waals surface area contributed by atoms with Crippen LogP contribution in [0.4, 0.5) is 0 Å². The molecule has 0 saturated carbocycles. The molecule has 0 heterocycles. The van der Waals surface area contributed by atoms with Gasteiger partial charge < -0.3 is 0 Å². The quantitative estimate of drug-likeness (QED) is 0.253. The second-order valence-corrected chi connectivity index (χ2v) is 11.5. The first-order chi connectivity index (χ1) is 14.6. The summed E-state index contributed by atoms with van der Waals surface area (Å²) in [6, 6.07) is 14.6. The molecule has 0 spiro atoms. The first kappa shape index (κ1) is 24.3. The third-order valence-corrected chi connectivity index (χ3v) is 7.91. The van der Waals surface area contributed by atoms with Gasteiger partial charge in [0.15, 0.2) is 0 Å². The van der Waals surface area contributed by atoms with E-state index < -0.39 is 35.2 Å². The number of hydrogen-bond acceptors (Lipinski definition) is 6. The minimum absolute atomic E-state index is 0.297. The molecular weight excluding hydrogens is 504 g/mol. The second kappa shape index (κ2) is 8.23. The van der Waals surface area contributed by atoms with E-state index in [0.29, 0.717) is 16.7 Å². The maximum atomic E-state index is 11.4. The van der Waals surface area contributed by atoms with E-state index in [9.17, 15) is 38.9 Å². The van der Waals surface area contributed by atoms with E-state index in [1.165, 1.54) is 36.4 Å². The Morgan fingerprint density at radius 3 is 0.812 bits per heavy atom. The molecule has 32 heavy (non-hydrogen) atoms. The van der Waals surface area contributed by atoms with Crippen LogP contribution in [0.15, 0.2) is 87.5 Å². The Labute approximate surface area is 189 Å². The van der Waals surface area contributed by atoms with Gasteiger partial charge in [0.1, 0.15) is 4.87 Å². The van der Waals surface area contributed by atoms with Crippen molar-refractivity contribution in [3.8, 4) is 0 Å². The predicted molar refractivity (Wildman–Crippen MR) is 115 cm³/mol. The van der Waals surface area contributed by atoms with Gasteiger partial charge in [-0.05, 0) is 53.1 Å². The summed E-state index contributed by atoms with van der Waals surface area (Å²) in [5.74, 6) is 0. The summed E-state index contributed by atoms with van der Waals surface area (Å²) in [5.41, 5.74) is 0.891. The van der Waals surface area contributed by atoms with E-state index in [-0.39, 0.29) is 14.7 Å². The number of alkyl halides is 1. The second-order valence-electron chi connectivity index (χ2n) is 6.66. The summed E-state index contributed by atoms with van der Waals surface area (Å²) in [6.45, 7) is 0. The van der Waals surface area contributed by atoms with Crippen LogP contribution < -0.4 is 0 Å². The van der Waals surface area contributed by atoms with Gasteiger partial charge in [-0.25, -0.2) is 0 Å². The summed E-state index contributed by atoms with van der Waals surface area (Å²) in [7, 11) is -13.4. The molecule has 0 bridgehead atoms. The topological polar surface area (TPSA) is 163 Å². The molecule has 0 atom stereocenters. The maximum absolute atomic E-state index is 11.4. The van der Waals surface area contributed by atoms with Crippen LogP contribution >= 0.6 is 11.6 Å². The number of hydrogen-bond donors (Lipinski definition) is 3. The molecular formula is C19H15ClO9S3. The monoisotopic (exact) mass is 518 g/mol. The lowest BCUT2D eigenvalue weighted by Gasteiger charge is -2.29. The molecule has 0 aromatic heterocycles. The zero-order valence-electron chi connectivity index (χ0n) is 15.8. The summed E-state index contributed by atoms with van der Waals surface area (Å²) >= 11 is 6.98. The van der Waals surface area contributed by atoms with Crippen molar-refractivity contribution in [3.05, 3.63) is 89.5 Å². The van der Waals surface area contributed by atoms with Crippen LogP contribution in [-0.2, 0) is 35.2 Å². The van der Waals surface area contributed by atoms with E-state index >= 15 is 0 Å². The average Bonchev–Trinajstić information content (AvgIpc) is 2.71. The number of benzene rings is 3. The van der Waals surface area contributed by atoms with Crippen molar-refractivity contribution in [2.75, 3.05) is 0 Å². The summed E-state index contributed by atoms with van der Waals surface area (Å²) in [4.78, 5) is -2.73. The highest BCUT2D eigenvalue weighted by Crippen LogP contribution is 2.43. The summed E-state index contributed by atoms with van der Waals surface area (Å²) in [5, 5.41) is 0. The van der Waals surface area contributed by atoms with Gasteiger partial charge in [0.2, 0.25) is 0 Å². The molecule has 3 N–H and O–H groups in total. The summed E-state index contributed by atoms with van der Waals surface area (Å²) in [6.07, 6.45) is 0. The van der Waals surface area contributed by atoms with Crippen molar-refractivity contribution in [2.45, 2.75) is 19.6 Å². The fourth-order valence-electron chi connectivity index (χ4n) is 3.07. The van der Waals surface area contributed by atoms with Crippen molar-refractivity contribution in [3.63, 3.8) is 0 Å². The van der Waals surface area contributed by atoms with E-state index in [1.54, 1.807) is 0 Å². The van der Waals surface area contributed by atoms with Crippen molar-refractivity contribution >= 4 is 42.0 Å². The number of halogens is 1. The van der Waals surface area contributed by atoms with Crippen LogP contribution in [0.5, 0.6) is 0 Å². The molecule has 3 aromatic carbocycles. The van der Waals surface area contributed by atoms with Gasteiger partial charge in [-0.15, -0.1) is 11.6 Å². The number of rotatable bonds is 6. The predicted octanol–water partition coefficient (Wildman–Crippen LogP) is 2.96. The normalized spacial score (nSPS) is 13.1. The Bertz CT molecular complexity index is 1280. The highest BCUT2D eigenvalue weighted by atomic mass is 35.5. The zero-order chi connectivity index (χ0) is 23.9. The largest absolute Gasteiger partial charge is 0.294 e. The minimum atomic E-state index is -4.47. The van der Waals surface area contributed by atoms with Gasteiger partial charge in [0.25, 0.3) is 30.4 Å². The van der Waals surface area contributed by atoms with Gasteiger partial charge in [-0.3, -0.25) is 13.7 Å². The Morgan fingerprint density at radius 1 is 0.469 bits per heavy atom. The smallest absolute Gasteiger partial charge is 0.282 e. The molecule has 0 unspecified atom stereocenters. The zero-order valence-corrected chi connectivity index (χ0v) is 19.0. The first-order valence-corrected chi connectivity index (χ1v) is 13.3. The van der Waals surface area contributed by atoms with Crippen LogP contribution in [0, 0.1) is 0 Å². The molecule has 170 valence electrons. The maximum Gasteiger partial charge on any atom is 0.294 e. The molecule has 0 aliphatic carbocycles. The molecule has 3 rings (SSSR count). The standard InChI is InChI=1S/C19H15ClO9S3/c20-19(13-1-7-16(8-2-13)30(21,22)23,14-3-9-17(10-4-14)31(24,25)26)15-5-11-18(12-6-15)32(27,28)29/h1-12H,(H,21,22,23)(H,24,25,26)(H,27,28,29). The molecule has 0 saturated heterocycles. The lowest BCUT2D eigenvalue weighted by molar-refractivity contribution is 0.481. The molecule has 0 radical (unpaired) electrons. The Hall–Kier alpha value is -2.32. The van der Waals surface area contributed by atoms with Crippen molar-refractivity contribution in [2.24, 2.45) is 0 Å². The van der Waals surface area contributed by atoms with Crippen LogP contribution in [0.2, 0.25) is 0 Å². The highest BCUT2D eigenvalue weighted by Gasteiger charge is 2.35. The van der Waals surface area contributed by atoms with Crippen molar-refractivity contribution in [1.29, 1.82) is 0 Å². The van der Waals surface area contributed by atoms with Gasteiger partial charge >= 0.3 is 0 Å². The van der Waals surface area contributed by atoms with Gasteiger partial charge in [0.05, 0.1) is 14.7 Å². The fourth-order valence-corrected chi connectivity index (χ4v) is 4.89. The summed E-state index contributed by atoms with van der Waals surface area (Å²) < 4.78 is 95.8. The molecule has 13 heteroatoms. The lowest BCUT2D eigenvalue weighted by Crippen LogP contribution is -2.23. The molecule has 3 aromatic rings. The third kappa shape index (κ3) is 4.86. The van der Waals surface area contributed by atoms with Crippen LogP contribution in [0.3, 0.4) is 0 Å². The van der Waals surface area contributed by atoms with Crippen LogP contribution in [0.1, 0.15) is 16.7 Å². The van der Waals surface area contributed by atoms with Crippen LogP contribution in [0.25, 0.3) is 0 Å². The van der Waals surface area contributed by atoms with E-state index in [0.717, 1.165) is 36.4 Å². The fraction of sp³-hybridized carbons (Fsp3) is 0.0526. The highest BCUT2D eigenvalue weighted by molar-refractivity contribution is 7.86. The Kier molecular flexibility index (Phi) is 6.25. The minimum Gasteiger partial charge on any atom is -0.282 e. The molecule has 0 fully saturated rings. The van der Waals surface area contributed by atoms with E-state index in [2.05, 4.69) is 0 Å². The van der Waals surface area contributed by atoms with Crippen molar-refractivity contribution in [1.82, 2.24) is 0 Å². The molecule has 9 nitrogen and oxygen atoms in total. The SMILES string of the molecule is O=S(=O)(O)c1ccc(C(Cl)(c2ccc(S(=O)(=O)O)cc2)c2ccc(S(=O)(=O)O)cc2)cc1. The van der Waals surface area contributed by atoms with Gasteiger partial charge in [0, 0.05) is 0 Å². The molecule has 0 amide bonds. The molecule has 0 aliphatic heterocycles. The van der Waals surface area contributed by atoms with Crippen LogP contribution in [-0.4, -0.2) is 38.9 Å². The molecule has 0 aliphatic rings. The Morgan fingerprint density at radius 2 is 0.656 bits per heavy atom. The average molecular weight is 519 g/mol. The van der Waals surface area contributed by atoms with E-state index in [4.69, 9.17) is 11.6 Å². The van der Waals surface area contributed by atoms with Gasteiger partial charge in [-0.1, -0.05) is 36.4 Å². The lowest BCUT2D eigenvalue weighted by atomic mass is 9.84. The van der Waals surface area contributed by atoms with E-state index in [1.807, 2.05) is 0 Å². The third-order valence-electron chi connectivity index (χ3n) is 4.65. The first-order valence-electron chi connectivity index (χ1n) is 8.56. The Balaban J connectivity index is 2.23.